The molecule has 0 aliphatic carbocycles. The molecule has 0 atom stereocenters. The first-order chi connectivity index (χ1) is 9.58. The van der Waals surface area contributed by atoms with Crippen LogP contribution in [-0.4, -0.2) is 32.6 Å². The molecule has 7 nitrogen and oxygen atoms in total. The van der Waals surface area contributed by atoms with E-state index in [9.17, 15) is 9.59 Å². The molecular weight excluding hydrogens is 258 g/mol. The van der Waals surface area contributed by atoms with Gasteiger partial charge in [0.2, 0.25) is 0 Å². The van der Waals surface area contributed by atoms with Crippen LogP contribution < -0.4 is 10.9 Å². The summed E-state index contributed by atoms with van der Waals surface area (Å²) in [5.41, 5.74) is 1.25. The molecule has 3 N–H and O–H groups in total. The summed E-state index contributed by atoms with van der Waals surface area (Å²) in [6.45, 7) is 4.02. The number of aromatic amines is 2. The van der Waals surface area contributed by atoms with Crippen molar-refractivity contribution < 1.29 is 4.79 Å². The molecule has 2 heterocycles. The third kappa shape index (κ3) is 3.31. The zero-order chi connectivity index (χ0) is 14.5. The largest absolute Gasteiger partial charge is 0.352 e. The maximum atomic E-state index is 12.0. The van der Waals surface area contributed by atoms with Gasteiger partial charge in [0, 0.05) is 18.7 Å². The van der Waals surface area contributed by atoms with Gasteiger partial charge in [-0.25, -0.2) is 4.98 Å². The summed E-state index contributed by atoms with van der Waals surface area (Å²) < 4.78 is 0. The van der Waals surface area contributed by atoms with E-state index in [1.54, 1.807) is 19.9 Å². The predicted octanol–water partition coefficient (Wildman–Crippen LogP) is 0.472. The van der Waals surface area contributed by atoms with Crippen molar-refractivity contribution in [2.24, 2.45) is 0 Å². The molecule has 20 heavy (non-hydrogen) atoms. The molecule has 0 saturated carbocycles. The maximum absolute atomic E-state index is 12.0. The molecule has 0 saturated heterocycles. The van der Waals surface area contributed by atoms with E-state index in [1.807, 2.05) is 0 Å². The molecule has 1 amide bonds. The number of carbonyl (C=O) groups excluding carboxylic acids is 1. The van der Waals surface area contributed by atoms with Crippen LogP contribution in [0.15, 0.2) is 17.2 Å². The van der Waals surface area contributed by atoms with Crippen LogP contribution in [-0.2, 0) is 6.42 Å². The Balaban J connectivity index is 1.91. The fourth-order valence-electron chi connectivity index (χ4n) is 2.03. The number of amides is 1. The molecule has 0 aromatic carbocycles. The van der Waals surface area contributed by atoms with Gasteiger partial charge in [0.1, 0.15) is 17.7 Å². The molecule has 2 rings (SSSR count). The summed E-state index contributed by atoms with van der Waals surface area (Å²) in [5, 5.41) is 9.24. The van der Waals surface area contributed by atoms with Gasteiger partial charge in [-0.3, -0.25) is 14.7 Å². The number of hydrogen-bond donors (Lipinski definition) is 3. The first-order valence-electron chi connectivity index (χ1n) is 6.41. The Morgan fingerprint density at radius 1 is 1.40 bits per heavy atom. The topological polar surface area (TPSA) is 104 Å². The van der Waals surface area contributed by atoms with Gasteiger partial charge in [-0.1, -0.05) is 0 Å². The van der Waals surface area contributed by atoms with Gasteiger partial charge in [-0.15, -0.1) is 0 Å². The molecule has 0 aliphatic heterocycles. The van der Waals surface area contributed by atoms with Crippen LogP contribution in [0.3, 0.4) is 0 Å². The molecule has 0 fully saturated rings. The van der Waals surface area contributed by atoms with Crippen LogP contribution >= 0.6 is 0 Å². The molecule has 7 heteroatoms. The fourth-order valence-corrected chi connectivity index (χ4v) is 2.03. The normalized spacial score (nSPS) is 10.5. The number of nitrogens with one attached hydrogen (secondary N) is 3. The van der Waals surface area contributed by atoms with Gasteiger partial charge in [0.25, 0.3) is 11.5 Å². The number of nitrogens with zero attached hydrogens (tertiary/aromatic N) is 2. The Morgan fingerprint density at radius 2 is 2.20 bits per heavy atom. The minimum Gasteiger partial charge on any atom is -0.352 e. The van der Waals surface area contributed by atoms with Crippen molar-refractivity contribution in [3.05, 3.63) is 45.4 Å². The highest BCUT2D eigenvalue weighted by Gasteiger charge is 2.13. The summed E-state index contributed by atoms with van der Waals surface area (Å²) >= 11 is 0. The quantitative estimate of drug-likeness (QED) is 0.690. The highest BCUT2D eigenvalue weighted by Crippen LogP contribution is 2.03. The number of hydrogen-bond acceptors (Lipinski definition) is 4. The zero-order valence-corrected chi connectivity index (χ0v) is 11.5. The minimum atomic E-state index is -0.352. The molecule has 0 radical (unpaired) electrons. The fraction of sp³-hybridized carbons (Fsp3) is 0.385. The summed E-state index contributed by atoms with van der Waals surface area (Å²) in [6.07, 6.45) is 2.87. The van der Waals surface area contributed by atoms with Gasteiger partial charge < -0.3 is 10.3 Å². The first-order valence-corrected chi connectivity index (χ1v) is 6.41. The van der Waals surface area contributed by atoms with Gasteiger partial charge in [0.05, 0.1) is 0 Å². The number of aryl methyl sites for hydroxylation is 3. The lowest BCUT2D eigenvalue weighted by atomic mass is 10.1. The summed E-state index contributed by atoms with van der Waals surface area (Å²) in [5.74, 6) is 0.435. The zero-order valence-electron chi connectivity index (χ0n) is 11.5. The number of aromatic nitrogens is 4. The van der Waals surface area contributed by atoms with Gasteiger partial charge >= 0.3 is 0 Å². The number of H-pyrrole nitrogens is 2. The average molecular weight is 275 g/mol. The van der Waals surface area contributed by atoms with E-state index in [1.165, 1.54) is 6.33 Å². The molecule has 0 spiro atoms. The lowest BCUT2D eigenvalue weighted by molar-refractivity contribution is 0.0951. The third-order valence-corrected chi connectivity index (χ3v) is 2.93. The number of pyridine rings is 1. The van der Waals surface area contributed by atoms with E-state index < -0.39 is 0 Å². The number of rotatable bonds is 5. The summed E-state index contributed by atoms with van der Waals surface area (Å²) in [6, 6.07) is 1.78. The molecule has 106 valence electrons. The average Bonchev–Trinajstić information content (AvgIpc) is 2.86. The lowest BCUT2D eigenvalue weighted by Crippen LogP contribution is -2.31. The lowest BCUT2D eigenvalue weighted by Gasteiger charge is -2.07. The van der Waals surface area contributed by atoms with Crippen LogP contribution in [0.25, 0.3) is 0 Å². The van der Waals surface area contributed by atoms with Gasteiger partial charge in [0.15, 0.2) is 0 Å². The van der Waals surface area contributed by atoms with Crippen molar-refractivity contribution in [1.82, 2.24) is 25.5 Å². The van der Waals surface area contributed by atoms with Crippen molar-refractivity contribution >= 4 is 5.91 Å². The monoisotopic (exact) mass is 275 g/mol. The Bertz CT molecular complexity index is 645. The van der Waals surface area contributed by atoms with E-state index in [-0.39, 0.29) is 17.0 Å². The second kappa shape index (κ2) is 6.14. The smallest absolute Gasteiger partial charge is 0.261 e. The Hall–Kier alpha value is -2.44. The number of carbonyl (C=O) groups is 1. The second-order valence-electron chi connectivity index (χ2n) is 4.63. The van der Waals surface area contributed by atoms with Gasteiger partial charge in [-0.2, -0.15) is 5.10 Å². The van der Waals surface area contributed by atoms with Crippen molar-refractivity contribution in [2.45, 2.75) is 26.7 Å². The standard InChI is InChI=1S/C13H17N5O2/c1-8-6-9(2)17-13(20)11(8)12(19)14-5-3-4-10-15-7-16-18-10/h6-7H,3-5H2,1-2H3,(H,14,19)(H,17,20)(H,15,16,18). The SMILES string of the molecule is Cc1cc(C)c(C(=O)NCCCc2ncn[nH]2)c(=O)[nH]1. The molecule has 0 aliphatic rings. The van der Waals surface area contributed by atoms with E-state index in [0.29, 0.717) is 18.5 Å². The van der Waals surface area contributed by atoms with E-state index >= 15 is 0 Å². The molecule has 0 unspecified atom stereocenters. The van der Waals surface area contributed by atoms with E-state index in [4.69, 9.17) is 0 Å². The summed E-state index contributed by atoms with van der Waals surface area (Å²) in [7, 11) is 0. The Morgan fingerprint density at radius 3 is 2.85 bits per heavy atom. The maximum Gasteiger partial charge on any atom is 0.261 e. The van der Waals surface area contributed by atoms with Crippen molar-refractivity contribution in [1.29, 1.82) is 0 Å². The van der Waals surface area contributed by atoms with Crippen molar-refractivity contribution in [3.63, 3.8) is 0 Å². The van der Waals surface area contributed by atoms with Crippen LogP contribution in [0.5, 0.6) is 0 Å². The predicted molar refractivity (Wildman–Crippen MR) is 73.6 cm³/mol. The Labute approximate surface area is 115 Å². The highest BCUT2D eigenvalue weighted by molar-refractivity contribution is 5.95. The van der Waals surface area contributed by atoms with Crippen LogP contribution in [0.4, 0.5) is 0 Å². The molecular formula is C13H17N5O2. The molecule has 2 aromatic heterocycles. The Kier molecular flexibility index (Phi) is 4.29. The van der Waals surface area contributed by atoms with Crippen molar-refractivity contribution in [2.75, 3.05) is 6.54 Å². The van der Waals surface area contributed by atoms with Gasteiger partial charge in [-0.05, 0) is 31.9 Å². The first kappa shape index (κ1) is 14.0. The second-order valence-corrected chi connectivity index (χ2v) is 4.63. The van der Waals surface area contributed by atoms with Crippen LogP contribution in [0.2, 0.25) is 0 Å². The molecule has 2 aromatic rings. The minimum absolute atomic E-state index is 0.176. The third-order valence-electron chi connectivity index (χ3n) is 2.93. The van der Waals surface area contributed by atoms with Crippen LogP contribution in [0, 0.1) is 13.8 Å². The summed E-state index contributed by atoms with van der Waals surface area (Å²) in [4.78, 5) is 30.4. The van der Waals surface area contributed by atoms with E-state index in [2.05, 4.69) is 25.5 Å². The highest BCUT2D eigenvalue weighted by atomic mass is 16.2. The van der Waals surface area contributed by atoms with Crippen LogP contribution in [0.1, 0.15) is 33.9 Å². The van der Waals surface area contributed by atoms with Crippen molar-refractivity contribution in [3.8, 4) is 0 Å². The van der Waals surface area contributed by atoms with E-state index in [0.717, 1.165) is 17.9 Å². The molecule has 0 bridgehead atoms.